The minimum atomic E-state index is 0.680. The third-order valence-electron chi connectivity index (χ3n) is 3.19. The van der Waals surface area contributed by atoms with Gasteiger partial charge in [-0.1, -0.05) is 19.1 Å². The number of rotatable bonds is 5. The lowest BCUT2D eigenvalue weighted by molar-refractivity contribution is 0.456. The molecule has 1 aromatic carbocycles. The lowest BCUT2D eigenvalue weighted by Gasteiger charge is -2.07. The standard InChI is InChI=1S/C15H17N3OS/c1-3-11-5-4-6-12(9-11)19-14-13(10-16-2)18-7-8-20-15(18)17-14/h4-9,16H,3,10H2,1-2H3. The highest BCUT2D eigenvalue weighted by molar-refractivity contribution is 7.15. The summed E-state index contributed by atoms with van der Waals surface area (Å²) < 4.78 is 8.05. The van der Waals surface area contributed by atoms with E-state index in [4.69, 9.17) is 4.74 Å². The van der Waals surface area contributed by atoms with Gasteiger partial charge in [-0.15, -0.1) is 11.3 Å². The van der Waals surface area contributed by atoms with E-state index in [9.17, 15) is 0 Å². The molecule has 0 unspecified atom stereocenters. The lowest BCUT2D eigenvalue weighted by atomic mass is 10.2. The van der Waals surface area contributed by atoms with Crippen molar-refractivity contribution < 1.29 is 4.74 Å². The second kappa shape index (κ2) is 5.64. The summed E-state index contributed by atoms with van der Waals surface area (Å²) in [6.07, 6.45) is 3.02. The van der Waals surface area contributed by atoms with E-state index in [1.165, 1.54) is 5.56 Å². The molecule has 0 aliphatic carbocycles. The van der Waals surface area contributed by atoms with Crippen LogP contribution in [-0.2, 0) is 13.0 Å². The van der Waals surface area contributed by atoms with Crippen LogP contribution in [0.3, 0.4) is 0 Å². The van der Waals surface area contributed by atoms with Crippen LogP contribution in [0.2, 0.25) is 0 Å². The highest BCUT2D eigenvalue weighted by atomic mass is 32.1. The second-order valence-corrected chi connectivity index (χ2v) is 5.43. The maximum absolute atomic E-state index is 5.98. The molecule has 0 aliphatic rings. The van der Waals surface area contributed by atoms with Crippen molar-refractivity contribution in [2.45, 2.75) is 19.9 Å². The molecule has 0 bridgehead atoms. The van der Waals surface area contributed by atoms with Gasteiger partial charge < -0.3 is 10.1 Å². The number of hydrogen-bond donors (Lipinski definition) is 1. The molecule has 0 aliphatic heterocycles. The number of benzene rings is 1. The van der Waals surface area contributed by atoms with E-state index in [2.05, 4.69) is 33.8 Å². The quantitative estimate of drug-likeness (QED) is 0.781. The summed E-state index contributed by atoms with van der Waals surface area (Å²) in [5.74, 6) is 1.52. The Hall–Kier alpha value is -1.85. The average Bonchev–Trinajstić information content (AvgIpc) is 3.03. The first-order valence-electron chi connectivity index (χ1n) is 6.67. The Bertz CT molecular complexity index is 717. The van der Waals surface area contributed by atoms with E-state index in [0.717, 1.165) is 29.4 Å². The third-order valence-corrected chi connectivity index (χ3v) is 3.95. The maximum atomic E-state index is 5.98. The van der Waals surface area contributed by atoms with Crippen LogP contribution in [-0.4, -0.2) is 16.4 Å². The van der Waals surface area contributed by atoms with E-state index >= 15 is 0 Å². The fourth-order valence-electron chi connectivity index (χ4n) is 2.16. The van der Waals surface area contributed by atoms with Crippen LogP contribution >= 0.6 is 11.3 Å². The SMILES string of the molecule is CCc1cccc(Oc2nc3sccn3c2CNC)c1. The molecule has 2 heterocycles. The van der Waals surface area contributed by atoms with Crippen molar-refractivity contribution in [1.29, 1.82) is 0 Å². The predicted molar refractivity (Wildman–Crippen MR) is 81.7 cm³/mol. The zero-order chi connectivity index (χ0) is 13.9. The molecule has 1 N–H and O–H groups in total. The molecular weight excluding hydrogens is 270 g/mol. The Kier molecular flexibility index (Phi) is 3.71. The molecule has 0 saturated heterocycles. The first-order valence-corrected chi connectivity index (χ1v) is 7.55. The van der Waals surface area contributed by atoms with Gasteiger partial charge in [-0.05, 0) is 31.2 Å². The Labute approximate surface area is 122 Å². The van der Waals surface area contributed by atoms with Crippen molar-refractivity contribution >= 4 is 16.3 Å². The van der Waals surface area contributed by atoms with Gasteiger partial charge in [0.2, 0.25) is 5.88 Å². The number of ether oxygens (including phenoxy) is 1. The van der Waals surface area contributed by atoms with Crippen LogP contribution in [0.25, 0.3) is 4.96 Å². The predicted octanol–water partition coefficient (Wildman–Crippen LogP) is 3.47. The zero-order valence-corrected chi connectivity index (χ0v) is 12.4. The minimum absolute atomic E-state index is 0.680. The van der Waals surface area contributed by atoms with Gasteiger partial charge in [0.05, 0.1) is 0 Å². The number of nitrogens with zero attached hydrogens (tertiary/aromatic N) is 2. The Balaban J connectivity index is 1.96. The monoisotopic (exact) mass is 287 g/mol. The summed E-state index contributed by atoms with van der Waals surface area (Å²) in [6.45, 7) is 2.86. The molecule has 0 radical (unpaired) electrons. The summed E-state index contributed by atoms with van der Waals surface area (Å²) in [4.78, 5) is 5.52. The molecule has 3 aromatic rings. The molecule has 20 heavy (non-hydrogen) atoms. The van der Waals surface area contributed by atoms with E-state index in [0.29, 0.717) is 5.88 Å². The number of fused-ring (bicyclic) bond motifs is 1. The van der Waals surface area contributed by atoms with Crippen LogP contribution in [0.5, 0.6) is 11.6 Å². The van der Waals surface area contributed by atoms with Crippen molar-refractivity contribution in [1.82, 2.24) is 14.7 Å². The van der Waals surface area contributed by atoms with E-state index in [-0.39, 0.29) is 0 Å². The summed E-state index contributed by atoms with van der Waals surface area (Å²) in [6, 6.07) is 8.16. The number of aromatic nitrogens is 2. The van der Waals surface area contributed by atoms with Crippen LogP contribution in [0.4, 0.5) is 0 Å². The molecule has 4 nitrogen and oxygen atoms in total. The molecule has 0 atom stereocenters. The second-order valence-electron chi connectivity index (χ2n) is 4.55. The number of nitrogens with one attached hydrogen (secondary N) is 1. The van der Waals surface area contributed by atoms with Crippen LogP contribution in [0.1, 0.15) is 18.2 Å². The number of hydrogen-bond acceptors (Lipinski definition) is 4. The molecule has 0 saturated carbocycles. The first kappa shape index (κ1) is 13.1. The van der Waals surface area contributed by atoms with Gasteiger partial charge in [-0.3, -0.25) is 4.40 Å². The molecule has 5 heteroatoms. The first-order chi connectivity index (χ1) is 9.81. The van der Waals surface area contributed by atoms with E-state index in [1.807, 2.05) is 30.8 Å². The molecular formula is C15H17N3OS. The molecule has 2 aromatic heterocycles. The Morgan fingerprint density at radius 2 is 2.30 bits per heavy atom. The Morgan fingerprint density at radius 1 is 1.40 bits per heavy atom. The van der Waals surface area contributed by atoms with Gasteiger partial charge in [0.1, 0.15) is 11.4 Å². The van der Waals surface area contributed by atoms with Gasteiger partial charge in [0, 0.05) is 18.1 Å². The van der Waals surface area contributed by atoms with Gasteiger partial charge in [0.15, 0.2) is 4.96 Å². The molecule has 3 rings (SSSR count). The maximum Gasteiger partial charge on any atom is 0.243 e. The number of imidazole rings is 1. The largest absolute Gasteiger partial charge is 0.437 e. The van der Waals surface area contributed by atoms with Gasteiger partial charge in [0.25, 0.3) is 0 Å². The summed E-state index contributed by atoms with van der Waals surface area (Å²) in [7, 11) is 1.92. The lowest BCUT2D eigenvalue weighted by Crippen LogP contribution is -2.08. The van der Waals surface area contributed by atoms with Crippen molar-refractivity contribution in [3.63, 3.8) is 0 Å². The minimum Gasteiger partial charge on any atom is -0.437 e. The normalized spacial score (nSPS) is 11.1. The highest BCUT2D eigenvalue weighted by Gasteiger charge is 2.14. The van der Waals surface area contributed by atoms with E-state index in [1.54, 1.807) is 11.3 Å². The van der Waals surface area contributed by atoms with Crippen molar-refractivity contribution in [3.8, 4) is 11.6 Å². The van der Waals surface area contributed by atoms with Crippen molar-refractivity contribution in [2.75, 3.05) is 7.05 Å². The average molecular weight is 287 g/mol. The molecule has 0 amide bonds. The highest BCUT2D eigenvalue weighted by Crippen LogP contribution is 2.28. The summed E-state index contributed by atoms with van der Waals surface area (Å²) >= 11 is 1.61. The smallest absolute Gasteiger partial charge is 0.243 e. The van der Waals surface area contributed by atoms with Crippen LogP contribution in [0.15, 0.2) is 35.8 Å². The Morgan fingerprint density at radius 3 is 3.10 bits per heavy atom. The number of aryl methyl sites for hydroxylation is 1. The molecule has 0 spiro atoms. The fraction of sp³-hybridized carbons (Fsp3) is 0.267. The molecule has 104 valence electrons. The third kappa shape index (κ3) is 2.42. The molecule has 0 fully saturated rings. The fourth-order valence-corrected chi connectivity index (χ4v) is 2.89. The van der Waals surface area contributed by atoms with Crippen molar-refractivity contribution in [2.24, 2.45) is 0 Å². The van der Waals surface area contributed by atoms with Gasteiger partial charge in [-0.25, -0.2) is 0 Å². The summed E-state index contributed by atoms with van der Waals surface area (Å²) in [5.41, 5.74) is 2.31. The van der Waals surface area contributed by atoms with Gasteiger partial charge in [-0.2, -0.15) is 4.98 Å². The van der Waals surface area contributed by atoms with Crippen molar-refractivity contribution in [3.05, 3.63) is 47.1 Å². The van der Waals surface area contributed by atoms with Gasteiger partial charge >= 0.3 is 0 Å². The zero-order valence-electron chi connectivity index (χ0n) is 11.6. The number of thiazole rings is 1. The van der Waals surface area contributed by atoms with E-state index < -0.39 is 0 Å². The summed E-state index contributed by atoms with van der Waals surface area (Å²) in [5, 5.41) is 5.20. The van der Waals surface area contributed by atoms with Crippen LogP contribution < -0.4 is 10.1 Å². The topological polar surface area (TPSA) is 38.6 Å². The van der Waals surface area contributed by atoms with Crippen LogP contribution in [0, 0.1) is 0 Å².